The number of alkyl halides is 3. The van der Waals surface area contributed by atoms with Crippen LogP contribution in [0.15, 0.2) is 491 Å². The zero-order valence-corrected chi connectivity index (χ0v) is 74.8. The largest absolute Gasteiger partial charge is 0.534 e. The normalized spacial score (nSPS) is 11.6. The Bertz CT molecular complexity index is 8520. The van der Waals surface area contributed by atoms with Crippen LogP contribution in [0.2, 0.25) is 0 Å². The van der Waals surface area contributed by atoms with Crippen LogP contribution in [0, 0.1) is 6.92 Å². The highest BCUT2D eigenvalue weighted by Crippen LogP contribution is 2.45. The predicted octanol–water partition coefficient (Wildman–Crippen LogP) is 35.7. The van der Waals surface area contributed by atoms with Gasteiger partial charge in [-0.3, -0.25) is 0 Å². The van der Waals surface area contributed by atoms with Gasteiger partial charge in [-0.15, -0.1) is 0 Å². The Kier molecular flexibility index (Phi) is 22.3. The second-order valence-corrected chi connectivity index (χ2v) is 36.3. The number of phenolic OH excluding ortho intramolecular Hbond substituents is 1. The number of hydrogen-bond donors (Lipinski definition) is 1. The van der Waals surface area contributed by atoms with Crippen molar-refractivity contribution in [3.05, 3.63) is 497 Å². The van der Waals surface area contributed by atoms with Crippen LogP contribution in [0.4, 0.5) is 13.2 Å². The number of rotatable bonds is 14. The summed E-state index contributed by atoms with van der Waals surface area (Å²) in [6.07, 6.45) is 0. The summed E-state index contributed by atoms with van der Waals surface area (Å²) in [4.78, 5) is 0. The summed E-state index contributed by atoms with van der Waals surface area (Å²) in [5.41, 5.74) is 22.1. The monoisotopic (exact) mass is 1770 g/mol. The van der Waals surface area contributed by atoms with Crippen molar-refractivity contribution in [1.29, 1.82) is 0 Å². The van der Waals surface area contributed by atoms with E-state index in [1.165, 1.54) is 187 Å². The van der Waals surface area contributed by atoms with Crippen LogP contribution < -0.4 is 4.18 Å². The van der Waals surface area contributed by atoms with E-state index in [0.29, 0.717) is 11.1 Å². The topological polar surface area (TPSA) is 63.6 Å². The fraction of sp³-hybridized carbons (Fsp3) is 0.0156. The molecule has 0 bridgehead atoms. The minimum atomic E-state index is -5.78. The van der Waals surface area contributed by atoms with Gasteiger partial charge in [0.2, 0.25) is 0 Å². The van der Waals surface area contributed by atoms with Gasteiger partial charge in [0, 0.05) is 0 Å². The van der Waals surface area contributed by atoms with Crippen molar-refractivity contribution in [3.8, 4) is 145 Å². The zero-order chi connectivity index (χ0) is 92.0. The number of phenols is 1. The lowest BCUT2D eigenvalue weighted by Gasteiger charge is -2.13. The number of halogens is 3. The number of benzene rings is 24. The first-order valence-corrected chi connectivity index (χ1v) is 46.9. The third-order valence-corrected chi connectivity index (χ3v) is 27.2. The van der Waals surface area contributed by atoms with Crippen molar-refractivity contribution in [2.24, 2.45) is 0 Å². The Balaban J connectivity index is 0.000000119. The molecule has 0 aliphatic heterocycles. The molecule has 24 aromatic carbocycles. The van der Waals surface area contributed by atoms with E-state index in [2.05, 4.69) is 418 Å². The number of hydrogen-bond acceptors (Lipinski definition) is 4. The fourth-order valence-corrected chi connectivity index (χ4v) is 20.0. The van der Waals surface area contributed by atoms with Gasteiger partial charge in [-0.05, 0) is 334 Å². The summed E-state index contributed by atoms with van der Waals surface area (Å²) < 4.78 is 66.1. The number of fused-ring (bicyclic) bond motifs is 18. The minimum absolute atomic E-state index is 0.276. The van der Waals surface area contributed by atoms with Crippen LogP contribution in [0.5, 0.6) is 11.5 Å². The van der Waals surface area contributed by atoms with E-state index in [1.54, 1.807) is 18.2 Å². The van der Waals surface area contributed by atoms with Gasteiger partial charge in [0.1, 0.15) is 11.5 Å². The van der Waals surface area contributed by atoms with E-state index >= 15 is 0 Å². The van der Waals surface area contributed by atoms with Crippen LogP contribution in [-0.4, -0.2) is 19.0 Å². The lowest BCUT2D eigenvalue weighted by Crippen LogP contribution is -2.28. The van der Waals surface area contributed by atoms with Crippen LogP contribution in [0.25, 0.3) is 230 Å². The fourth-order valence-electron chi connectivity index (χ4n) is 19.6. The van der Waals surface area contributed by atoms with E-state index in [1.807, 2.05) is 48.5 Å². The number of aryl methyl sites for hydroxylation is 1. The van der Waals surface area contributed by atoms with E-state index in [-0.39, 0.29) is 5.75 Å². The third-order valence-electron chi connectivity index (χ3n) is 26.2. The Morgan fingerprint density at radius 2 is 0.346 bits per heavy atom. The molecule has 0 fully saturated rings. The van der Waals surface area contributed by atoms with Crippen molar-refractivity contribution >= 4 is 107 Å². The summed E-state index contributed by atoms with van der Waals surface area (Å²) in [5.74, 6) is -0.141. The summed E-state index contributed by atoms with van der Waals surface area (Å²) in [6.45, 7) is 2.15. The summed E-state index contributed by atoms with van der Waals surface area (Å²) in [6, 6.07) is 171. The van der Waals surface area contributed by atoms with E-state index in [0.717, 1.165) is 55.6 Å². The molecule has 648 valence electrons. The molecule has 0 aliphatic rings. The average Bonchev–Trinajstić information content (AvgIpc) is 0.747. The van der Waals surface area contributed by atoms with Gasteiger partial charge in [-0.25, -0.2) is 0 Å². The van der Waals surface area contributed by atoms with Crippen LogP contribution in [-0.2, 0) is 10.1 Å². The van der Waals surface area contributed by atoms with E-state index in [9.17, 15) is 26.7 Å². The molecular formula is C128H85F3O4S. The van der Waals surface area contributed by atoms with Crippen LogP contribution >= 0.6 is 0 Å². The molecule has 0 spiro atoms. The molecule has 24 rings (SSSR count). The molecule has 0 heterocycles. The quantitative estimate of drug-likeness (QED) is 0.0669. The number of aromatic hydroxyl groups is 1. The van der Waals surface area contributed by atoms with Crippen molar-refractivity contribution in [2.45, 2.75) is 12.4 Å². The van der Waals surface area contributed by atoms with Gasteiger partial charge in [0.15, 0.2) is 0 Å². The minimum Gasteiger partial charge on any atom is -0.508 e. The lowest BCUT2D eigenvalue weighted by molar-refractivity contribution is -0.0500. The van der Waals surface area contributed by atoms with Gasteiger partial charge >= 0.3 is 15.6 Å². The first-order chi connectivity index (χ1) is 66.6. The maximum atomic E-state index is 12.9. The highest BCUT2D eigenvalue weighted by atomic mass is 32.2. The lowest BCUT2D eigenvalue weighted by atomic mass is 9.91. The highest BCUT2D eigenvalue weighted by Gasteiger charge is 2.48. The molecule has 0 aliphatic carbocycles. The Hall–Kier alpha value is -17.0. The zero-order valence-electron chi connectivity index (χ0n) is 74.0. The Morgan fingerprint density at radius 3 is 0.559 bits per heavy atom. The molecule has 136 heavy (non-hydrogen) atoms. The van der Waals surface area contributed by atoms with E-state index in [4.69, 9.17) is 0 Å². The smallest absolute Gasteiger partial charge is 0.508 e. The van der Waals surface area contributed by atoms with E-state index < -0.39 is 21.4 Å². The standard InChI is InChI=1S/C43H27F3O3S.C43H30.C42H28O/c44-43(45,46)50(47,48)49-36-16-8-15-34(26-36)32-13-6-11-30(24-32)28-9-5-10-29(23-28)31-12-7-14-33(25-31)35-21-22-41-39-19-2-1-17-37(39)38-18-3-4-20-40(38)42(41)27-35;1-29-10-6-11-30(24-29)31-12-7-13-32(25-31)33-14-8-15-34(26-33)35-16-9-17-36(27-35)37-22-23-42-40-20-3-2-18-38(40)39-19-4-5-21-41(39)43(42)28-37;43-36-16-8-15-34(26-36)32-13-6-11-30(24-32)28-9-5-10-29(23-28)31-12-7-14-33(25-31)35-21-22-41-39-19-2-1-17-37(39)38-18-3-4-20-40(38)42(41)27-35/h1-27H;2-28H,1H3;1-27,43H. The summed E-state index contributed by atoms with van der Waals surface area (Å²) >= 11 is 0. The SMILES string of the molecule is Cc1cccc(-c2cccc(-c3cccc(-c4cccc(-c5ccc6c7ccccc7c7ccccc7c6c5)c4)c3)c2)c1.O=S(=O)(Oc1cccc(-c2cccc(-c3cccc(-c4cccc(-c5ccc6c7ccccc7c7ccccc7c6c5)c4)c3)c2)c1)C(F)(F)F.Oc1cccc(-c2cccc(-c3cccc(-c4cccc(-c5ccc6c7ccccc7c7ccccc7c6c5)c4)c3)c2)c1. The molecule has 1 N–H and O–H groups in total. The van der Waals surface area contributed by atoms with Crippen molar-refractivity contribution in [2.75, 3.05) is 0 Å². The molecule has 0 unspecified atom stereocenters. The maximum Gasteiger partial charge on any atom is 0.534 e. The van der Waals surface area contributed by atoms with Crippen molar-refractivity contribution in [1.82, 2.24) is 0 Å². The first kappa shape index (κ1) is 84.5. The van der Waals surface area contributed by atoms with Gasteiger partial charge in [-0.1, -0.05) is 400 Å². The maximum absolute atomic E-state index is 12.9. The molecule has 0 amide bonds. The molecule has 0 saturated carbocycles. The molecule has 24 aromatic rings. The predicted molar refractivity (Wildman–Crippen MR) is 564 cm³/mol. The Labute approximate surface area is 786 Å². The highest BCUT2D eigenvalue weighted by molar-refractivity contribution is 7.88. The second kappa shape index (κ2) is 35.9. The Morgan fingerprint density at radius 1 is 0.176 bits per heavy atom. The molecule has 0 radical (unpaired) electrons. The molecule has 0 atom stereocenters. The molecule has 0 saturated heterocycles. The average molecular weight is 1780 g/mol. The second-order valence-electron chi connectivity index (χ2n) is 34.7. The molecule has 0 aromatic heterocycles. The van der Waals surface area contributed by atoms with Crippen LogP contribution in [0.3, 0.4) is 0 Å². The molecule has 4 nitrogen and oxygen atoms in total. The molecular weight excluding hydrogens is 1690 g/mol. The van der Waals surface area contributed by atoms with Gasteiger partial charge in [-0.2, -0.15) is 21.6 Å². The van der Waals surface area contributed by atoms with Crippen molar-refractivity contribution < 1.29 is 30.9 Å². The van der Waals surface area contributed by atoms with Gasteiger partial charge in [0.25, 0.3) is 0 Å². The summed E-state index contributed by atoms with van der Waals surface area (Å²) in [5, 5.41) is 32.9. The van der Waals surface area contributed by atoms with Gasteiger partial charge < -0.3 is 9.29 Å². The molecule has 8 heteroatoms. The van der Waals surface area contributed by atoms with Crippen molar-refractivity contribution in [3.63, 3.8) is 0 Å². The van der Waals surface area contributed by atoms with Gasteiger partial charge in [0.05, 0.1) is 0 Å². The summed E-state index contributed by atoms with van der Waals surface area (Å²) in [7, 11) is -5.78. The first-order valence-electron chi connectivity index (χ1n) is 45.5. The van der Waals surface area contributed by atoms with Crippen LogP contribution in [0.1, 0.15) is 5.56 Å². The third kappa shape index (κ3) is 16.8.